The lowest BCUT2D eigenvalue weighted by atomic mass is 10.1. The summed E-state index contributed by atoms with van der Waals surface area (Å²) in [6.07, 6.45) is 3.31. The molecule has 1 amide bonds. The summed E-state index contributed by atoms with van der Waals surface area (Å²) in [4.78, 5) is 21.8. The third kappa shape index (κ3) is 3.17. The molecular weight excluding hydrogens is 258 g/mol. The van der Waals surface area contributed by atoms with Crippen LogP contribution in [0.1, 0.15) is 44.5 Å². The van der Waals surface area contributed by atoms with Gasteiger partial charge < -0.3 is 5.32 Å². The molecule has 1 atom stereocenters. The van der Waals surface area contributed by atoms with Crippen molar-refractivity contribution < 1.29 is 4.79 Å². The van der Waals surface area contributed by atoms with Crippen LogP contribution in [0.2, 0.25) is 0 Å². The minimum absolute atomic E-state index is 0.0991. The molecule has 2 aromatic rings. The van der Waals surface area contributed by atoms with E-state index in [2.05, 4.69) is 15.3 Å². The minimum atomic E-state index is -0.117. The van der Waals surface area contributed by atoms with E-state index in [1.807, 2.05) is 33.8 Å². The van der Waals surface area contributed by atoms with Gasteiger partial charge >= 0.3 is 0 Å². The molecule has 2 rings (SSSR count). The van der Waals surface area contributed by atoms with E-state index >= 15 is 0 Å². The Balaban J connectivity index is 2.13. The van der Waals surface area contributed by atoms with Crippen molar-refractivity contribution in [1.82, 2.24) is 15.3 Å². The van der Waals surface area contributed by atoms with Gasteiger partial charge in [0.25, 0.3) is 5.91 Å². The Morgan fingerprint density at radius 2 is 2.05 bits per heavy atom. The topological polar surface area (TPSA) is 54.9 Å². The molecule has 19 heavy (non-hydrogen) atoms. The van der Waals surface area contributed by atoms with Crippen LogP contribution < -0.4 is 5.32 Å². The van der Waals surface area contributed by atoms with Gasteiger partial charge in [-0.2, -0.15) is 0 Å². The van der Waals surface area contributed by atoms with E-state index in [0.29, 0.717) is 5.56 Å². The molecule has 5 heteroatoms. The number of aromatic nitrogens is 2. The highest BCUT2D eigenvalue weighted by Gasteiger charge is 2.16. The van der Waals surface area contributed by atoms with Gasteiger partial charge in [-0.3, -0.25) is 9.78 Å². The van der Waals surface area contributed by atoms with E-state index in [1.54, 1.807) is 23.7 Å². The van der Waals surface area contributed by atoms with Crippen molar-refractivity contribution in [3.63, 3.8) is 0 Å². The van der Waals surface area contributed by atoms with E-state index < -0.39 is 0 Å². The lowest BCUT2D eigenvalue weighted by Crippen LogP contribution is -2.27. The number of carbonyl (C=O) groups excluding carboxylic acids is 1. The monoisotopic (exact) mass is 275 g/mol. The van der Waals surface area contributed by atoms with Crippen LogP contribution in [0.25, 0.3) is 0 Å². The van der Waals surface area contributed by atoms with E-state index in [1.165, 1.54) is 0 Å². The van der Waals surface area contributed by atoms with Crippen LogP contribution in [-0.2, 0) is 0 Å². The second kappa shape index (κ2) is 5.48. The third-order valence-corrected chi connectivity index (χ3v) is 3.74. The molecule has 0 radical (unpaired) electrons. The highest BCUT2D eigenvalue weighted by molar-refractivity contribution is 7.11. The van der Waals surface area contributed by atoms with Crippen molar-refractivity contribution in [2.24, 2.45) is 0 Å². The lowest BCUT2D eigenvalue weighted by Gasteiger charge is -2.12. The van der Waals surface area contributed by atoms with Crippen molar-refractivity contribution >= 4 is 17.2 Å². The van der Waals surface area contributed by atoms with Crippen LogP contribution in [0.5, 0.6) is 0 Å². The Hall–Kier alpha value is -1.75. The molecule has 100 valence electrons. The van der Waals surface area contributed by atoms with Crippen LogP contribution in [0, 0.1) is 20.8 Å². The van der Waals surface area contributed by atoms with Crippen molar-refractivity contribution in [3.8, 4) is 0 Å². The summed E-state index contributed by atoms with van der Waals surface area (Å²) >= 11 is 1.65. The first-order valence-electron chi connectivity index (χ1n) is 6.14. The van der Waals surface area contributed by atoms with Crippen molar-refractivity contribution in [3.05, 3.63) is 45.2 Å². The molecule has 0 saturated heterocycles. The molecule has 0 aliphatic heterocycles. The molecule has 2 heterocycles. The Morgan fingerprint density at radius 1 is 1.32 bits per heavy atom. The summed E-state index contributed by atoms with van der Waals surface area (Å²) in [7, 11) is 0. The zero-order valence-corrected chi connectivity index (χ0v) is 12.3. The summed E-state index contributed by atoms with van der Waals surface area (Å²) in [5, 5.41) is 3.98. The van der Waals surface area contributed by atoms with Crippen LogP contribution in [0.15, 0.2) is 18.5 Å². The summed E-state index contributed by atoms with van der Waals surface area (Å²) < 4.78 is 0. The quantitative estimate of drug-likeness (QED) is 0.937. The average Bonchev–Trinajstić information content (AvgIpc) is 2.68. The number of rotatable bonds is 3. The van der Waals surface area contributed by atoms with E-state index in [-0.39, 0.29) is 11.9 Å². The average molecular weight is 275 g/mol. The fourth-order valence-corrected chi connectivity index (χ4v) is 2.89. The highest BCUT2D eigenvalue weighted by Crippen LogP contribution is 2.22. The number of pyridine rings is 1. The van der Waals surface area contributed by atoms with E-state index in [0.717, 1.165) is 21.1 Å². The number of hydrogen-bond acceptors (Lipinski definition) is 4. The van der Waals surface area contributed by atoms with Gasteiger partial charge in [0.05, 0.1) is 22.3 Å². The number of thiazole rings is 1. The summed E-state index contributed by atoms with van der Waals surface area (Å²) in [5.74, 6) is -0.117. The molecule has 0 spiro atoms. The smallest absolute Gasteiger partial charge is 0.253 e. The van der Waals surface area contributed by atoms with Gasteiger partial charge in [0.2, 0.25) is 0 Å². The number of nitrogens with one attached hydrogen (secondary N) is 1. The standard InChI is InChI=1S/C14H17N3OS/c1-8-5-12(7-15-6-8)14(18)16-9(2)13-10(3)19-11(4)17-13/h5-7,9H,1-4H3,(H,16,18). The van der Waals surface area contributed by atoms with Crippen LogP contribution >= 0.6 is 11.3 Å². The predicted molar refractivity (Wildman–Crippen MR) is 76.4 cm³/mol. The predicted octanol–water partition coefficient (Wildman–Crippen LogP) is 2.95. The summed E-state index contributed by atoms with van der Waals surface area (Å²) in [6.45, 7) is 7.86. The van der Waals surface area contributed by atoms with Crippen LogP contribution in [-0.4, -0.2) is 15.9 Å². The maximum atomic E-state index is 12.1. The van der Waals surface area contributed by atoms with Gasteiger partial charge in [-0.25, -0.2) is 4.98 Å². The molecule has 0 fully saturated rings. The van der Waals surface area contributed by atoms with Gasteiger partial charge in [-0.05, 0) is 39.3 Å². The van der Waals surface area contributed by atoms with Crippen LogP contribution in [0.3, 0.4) is 0 Å². The lowest BCUT2D eigenvalue weighted by molar-refractivity contribution is 0.0938. The highest BCUT2D eigenvalue weighted by atomic mass is 32.1. The Kier molecular flexibility index (Phi) is 3.95. The van der Waals surface area contributed by atoms with Gasteiger partial charge in [-0.15, -0.1) is 11.3 Å². The van der Waals surface area contributed by atoms with Gasteiger partial charge in [0, 0.05) is 17.3 Å². The summed E-state index contributed by atoms with van der Waals surface area (Å²) in [5.41, 5.74) is 2.49. The molecule has 2 aromatic heterocycles. The molecule has 1 N–H and O–H groups in total. The fraction of sp³-hybridized carbons (Fsp3) is 0.357. The van der Waals surface area contributed by atoms with Crippen molar-refractivity contribution in [2.75, 3.05) is 0 Å². The fourth-order valence-electron chi connectivity index (χ4n) is 1.97. The first-order chi connectivity index (χ1) is 8.97. The van der Waals surface area contributed by atoms with Gasteiger partial charge in [0.15, 0.2) is 0 Å². The molecule has 0 aliphatic carbocycles. The van der Waals surface area contributed by atoms with Gasteiger partial charge in [0.1, 0.15) is 0 Å². The maximum Gasteiger partial charge on any atom is 0.253 e. The third-order valence-electron chi connectivity index (χ3n) is 2.83. The first kappa shape index (κ1) is 13.7. The van der Waals surface area contributed by atoms with Gasteiger partial charge in [-0.1, -0.05) is 0 Å². The summed E-state index contributed by atoms with van der Waals surface area (Å²) in [6, 6.07) is 1.73. The Morgan fingerprint density at radius 3 is 2.63 bits per heavy atom. The van der Waals surface area contributed by atoms with Crippen molar-refractivity contribution in [2.45, 2.75) is 33.7 Å². The first-order valence-corrected chi connectivity index (χ1v) is 6.95. The Bertz CT molecular complexity index is 606. The molecule has 4 nitrogen and oxygen atoms in total. The molecule has 0 saturated carbocycles. The number of carbonyl (C=O) groups is 1. The zero-order valence-electron chi connectivity index (χ0n) is 11.5. The molecule has 0 bridgehead atoms. The number of nitrogens with zero attached hydrogens (tertiary/aromatic N) is 2. The van der Waals surface area contributed by atoms with E-state index in [9.17, 15) is 4.79 Å². The molecule has 0 aliphatic rings. The minimum Gasteiger partial charge on any atom is -0.344 e. The second-order valence-corrected chi connectivity index (χ2v) is 6.03. The number of hydrogen-bond donors (Lipinski definition) is 1. The van der Waals surface area contributed by atoms with Crippen molar-refractivity contribution in [1.29, 1.82) is 0 Å². The molecule has 0 aromatic carbocycles. The maximum absolute atomic E-state index is 12.1. The Labute approximate surface area is 116 Å². The molecular formula is C14H17N3OS. The van der Waals surface area contributed by atoms with E-state index in [4.69, 9.17) is 0 Å². The normalized spacial score (nSPS) is 12.2. The zero-order chi connectivity index (χ0) is 14.0. The van der Waals surface area contributed by atoms with Crippen LogP contribution in [0.4, 0.5) is 0 Å². The SMILES string of the molecule is Cc1cncc(C(=O)NC(C)c2nc(C)sc2C)c1. The number of amides is 1. The molecule has 1 unspecified atom stereocenters. The largest absolute Gasteiger partial charge is 0.344 e. The number of aryl methyl sites for hydroxylation is 3. The second-order valence-electron chi connectivity index (χ2n) is 4.62.